The topological polar surface area (TPSA) is 12.0 Å². The van der Waals surface area contributed by atoms with Gasteiger partial charge in [-0.3, -0.25) is 0 Å². The molecule has 2 rings (SSSR count). The second-order valence-corrected chi connectivity index (χ2v) is 5.01. The summed E-state index contributed by atoms with van der Waals surface area (Å²) in [5.41, 5.74) is 0.413. The molecule has 3 heteroatoms. The highest BCUT2D eigenvalue weighted by atomic mass is 19.2. The Hall–Kier alpha value is -0.960. The van der Waals surface area contributed by atoms with Crippen LogP contribution in [0.5, 0.6) is 0 Å². The summed E-state index contributed by atoms with van der Waals surface area (Å²) in [6.45, 7) is 4.00. The van der Waals surface area contributed by atoms with Crippen LogP contribution in [0.15, 0.2) is 18.2 Å². The molecule has 0 bridgehead atoms. The first kappa shape index (κ1) is 12.5. The minimum Gasteiger partial charge on any atom is -0.307 e. The predicted molar refractivity (Wildman–Crippen MR) is 64.7 cm³/mol. The van der Waals surface area contributed by atoms with Crippen molar-refractivity contribution in [1.82, 2.24) is 5.32 Å². The maximum Gasteiger partial charge on any atom is 0.163 e. The largest absolute Gasteiger partial charge is 0.307 e. The third-order valence-electron chi connectivity index (χ3n) is 3.82. The van der Waals surface area contributed by atoms with Gasteiger partial charge in [0.1, 0.15) is 0 Å². The molecule has 1 nitrogen and oxygen atoms in total. The summed E-state index contributed by atoms with van der Waals surface area (Å²) in [7, 11) is 0. The maximum absolute atomic E-state index is 13.6. The van der Waals surface area contributed by atoms with Crippen molar-refractivity contribution in [3.05, 3.63) is 35.4 Å². The van der Waals surface area contributed by atoms with Crippen LogP contribution in [0.25, 0.3) is 0 Å². The molecule has 0 heterocycles. The van der Waals surface area contributed by atoms with Crippen LogP contribution in [-0.4, -0.2) is 6.04 Å². The van der Waals surface area contributed by atoms with Gasteiger partial charge in [-0.2, -0.15) is 0 Å². The van der Waals surface area contributed by atoms with Crippen LogP contribution in [-0.2, 0) is 0 Å². The van der Waals surface area contributed by atoms with Crippen LogP contribution in [0, 0.1) is 17.6 Å². The SMILES string of the molecule is CC(NC(C)C1CCC1)c1cccc(F)c1F. The molecule has 1 N–H and O–H groups in total. The van der Waals surface area contributed by atoms with E-state index in [0.717, 1.165) is 6.07 Å². The molecular weight excluding hydrogens is 220 g/mol. The van der Waals surface area contributed by atoms with Gasteiger partial charge in [-0.25, -0.2) is 8.78 Å². The van der Waals surface area contributed by atoms with Crippen molar-refractivity contribution in [3.8, 4) is 0 Å². The van der Waals surface area contributed by atoms with Crippen LogP contribution < -0.4 is 5.32 Å². The van der Waals surface area contributed by atoms with Gasteiger partial charge < -0.3 is 5.32 Å². The van der Waals surface area contributed by atoms with E-state index in [1.54, 1.807) is 12.1 Å². The third-order valence-corrected chi connectivity index (χ3v) is 3.82. The van der Waals surface area contributed by atoms with Gasteiger partial charge in [0.05, 0.1) is 0 Å². The predicted octanol–water partition coefficient (Wildman–Crippen LogP) is 3.80. The lowest BCUT2D eigenvalue weighted by atomic mass is 9.80. The van der Waals surface area contributed by atoms with Crippen LogP contribution in [0.4, 0.5) is 8.78 Å². The number of nitrogens with one attached hydrogen (secondary N) is 1. The molecule has 0 spiro atoms. The fraction of sp³-hybridized carbons (Fsp3) is 0.571. The van der Waals surface area contributed by atoms with E-state index in [0.29, 0.717) is 17.5 Å². The number of halogens is 2. The van der Waals surface area contributed by atoms with E-state index in [9.17, 15) is 8.78 Å². The van der Waals surface area contributed by atoms with Crippen molar-refractivity contribution >= 4 is 0 Å². The average Bonchev–Trinajstić information content (AvgIpc) is 2.19. The molecule has 0 saturated heterocycles. The highest BCUT2D eigenvalue weighted by Gasteiger charge is 2.25. The summed E-state index contributed by atoms with van der Waals surface area (Å²) in [5.74, 6) is -0.810. The fourth-order valence-electron chi connectivity index (χ4n) is 2.41. The molecule has 1 aromatic rings. The van der Waals surface area contributed by atoms with Gasteiger partial charge in [0.25, 0.3) is 0 Å². The molecule has 2 unspecified atom stereocenters. The number of hydrogen-bond donors (Lipinski definition) is 1. The Balaban J connectivity index is 2.03. The second kappa shape index (κ2) is 5.13. The minimum absolute atomic E-state index is 0.152. The molecule has 1 aliphatic carbocycles. The van der Waals surface area contributed by atoms with Gasteiger partial charge >= 0.3 is 0 Å². The van der Waals surface area contributed by atoms with E-state index < -0.39 is 11.6 Å². The van der Waals surface area contributed by atoms with Crippen LogP contribution >= 0.6 is 0 Å². The first-order valence-electron chi connectivity index (χ1n) is 6.29. The van der Waals surface area contributed by atoms with Crippen molar-refractivity contribution in [1.29, 1.82) is 0 Å². The molecule has 0 amide bonds. The Morgan fingerprint density at radius 2 is 1.94 bits per heavy atom. The lowest BCUT2D eigenvalue weighted by Crippen LogP contribution is -2.38. The quantitative estimate of drug-likeness (QED) is 0.842. The van der Waals surface area contributed by atoms with Gasteiger partial charge in [0.2, 0.25) is 0 Å². The van der Waals surface area contributed by atoms with Crippen LogP contribution in [0.1, 0.15) is 44.7 Å². The highest BCUT2D eigenvalue weighted by molar-refractivity contribution is 5.22. The van der Waals surface area contributed by atoms with Crippen molar-refractivity contribution < 1.29 is 8.78 Å². The fourth-order valence-corrected chi connectivity index (χ4v) is 2.41. The number of rotatable bonds is 4. The lowest BCUT2D eigenvalue weighted by Gasteiger charge is -2.34. The Bertz CT molecular complexity index is 388. The molecule has 1 aromatic carbocycles. The van der Waals surface area contributed by atoms with Gasteiger partial charge in [-0.05, 0) is 38.7 Å². The Kier molecular flexibility index (Phi) is 3.77. The maximum atomic E-state index is 13.6. The summed E-state index contributed by atoms with van der Waals surface area (Å²) < 4.78 is 26.7. The molecule has 0 aliphatic heterocycles. The minimum atomic E-state index is -0.771. The molecular formula is C14H19F2N. The second-order valence-electron chi connectivity index (χ2n) is 5.01. The van der Waals surface area contributed by atoms with Crippen molar-refractivity contribution in [2.75, 3.05) is 0 Å². The third kappa shape index (κ3) is 2.65. The molecule has 2 atom stereocenters. The average molecular weight is 239 g/mol. The lowest BCUT2D eigenvalue weighted by molar-refractivity contribution is 0.228. The van der Waals surface area contributed by atoms with Crippen molar-refractivity contribution in [3.63, 3.8) is 0 Å². The summed E-state index contributed by atoms with van der Waals surface area (Å²) in [6.07, 6.45) is 3.78. The first-order chi connectivity index (χ1) is 8.09. The summed E-state index contributed by atoms with van der Waals surface area (Å²) >= 11 is 0. The molecule has 94 valence electrons. The summed E-state index contributed by atoms with van der Waals surface area (Å²) in [4.78, 5) is 0. The van der Waals surface area contributed by atoms with Crippen molar-refractivity contribution in [2.45, 2.75) is 45.2 Å². The standard InChI is InChI=1S/C14H19F2N/c1-9(11-5-3-6-11)17-10(2)12-7-4-8-13(15)14(12)16/h4,7-11,17H,3,5-6H2,1-2H3. The number of hydrogen-bond acceptors (Lipinski definition) is 1. The summed E-state index contributed by atoms with van der Waals surface area (Å²) in [6, 6.07) is 4.56. The normalized spacial score (nSPS) is 19.8. The van der Waals surface area contributed by atoms with E-state index >= 15 is 0 Å². The zero-order chi connectivity index (χ0) is 12.4. The Labute approximate surface area is 101 Å². The summed E-state index contributed by atoms with van der Waals surface area (Å²) in [5, 5.41) is 3.36. The molecule has 0 radical (unpaired) electrons. The van der Waals surface area contributed by atoms with Crippen molar-refractivity contribution in [2.24, 2.45) is 5.92 Å². The van der Waals surface area contributed by atoms with Gasteiger partial charge in [-0.15, -0.1) is 0 Å². The van der Waals surface area contributed by atoms with Crippen LogP contribution in [0.3, 0.4) is 0 Å². The molecule has 1 fully saturated rings. The smallest absolute Gasteiger partial charge is 0.163 e. The van der Waals surface area contributed by atoms with E-state index in [1.807, 2.05) is 6.92 Å². The van der Waals surface area contributed by atoms with Gasteiger partial charge in [0.15, 0.2) is 11.6 Å². The zero-order valence-corrected chi connectivity index (χ0v) is 10.3. The first-order valence-corrected chi connectivity index (χ1v) is 6.29. The molecule has 0 aromatic heterocycles. The van der Waals surface area contributed by atoms with E-state index in [1.165, 1.54) is 19.3 Å². The number of benzene rings is 1. The van der Waals surface area contributed by atoms with Gasteiger partial charge in [-0.1, -0.05) is 18.6 Å². The molecule has 17 heavy (non-hydrogen) atoms. The van der Waals surface area contributed by atoms with E-state index in [2.05, 4.69) is 12.2 Å². The van der Waals surface area contributed by atoms with Gasteiger partial charge in [0, 0.05) is 17.6 Å². The zero-order valence-electron chi connectivity index (χ0n) is 10.3. The molecule has 1 aliphatic rings. The highest BCUT2D eigenvalue weighted by Crippen LogP contribution is 2.30. The monoisotopic (exact) mass is 239 g/mol. The molecule has 1 saturated carbocycles. The Morgan fingerprint density at radius 3 is 2.53 bits per heavy atom. The Morgan fingerprint density at radius 1 is 1.24 bits per heavy atom. The van der Waals surface area contributed by atoms with E-state index in [4.69, 9.17) is 0 Å². The van der Waals surface area contributed by atoms with Crippen LogP contribution in [0.2, 0.25) is 0 Å². The van der Waals surface area contributed by atoms with E-state index in [-0.39, 0.29) is 6.04 Å².